The Kier molecular flexibility index (Phi) is 4.89. The maximum absolute atomic E-state index is 12.8. The minimum atomic E-state index is -0.104. The van der Waals surface area contributed by atoms with E-state index in [0.29, 0.717) is 34.9 Å². The number of ether oxygens (including phenoxy) is 1. The number of aryl methyl sites for hydroxylation is 3. The standard InChI is InChI=1S/C21H20N4O3/c1-14-22-18-6-4-3-5-17(18)21(26)25(14)13-19-23-20(28-24-19)12-9-15-7-10-16(27-2)11-8-15/h3-8,10-11H,9,12-13H2,1-2H3. The molecule has 0 amide bonds. The molecule has 0 N–H and O–H groups in total. The normalized spacial score (nSPS) is 11.1. The van der Waals surface area contributed by atoms with Crippen molar-refractivity contribution in [2.24, 2.45) is 0 Å². The van der Waals surface area contributed by atoms with Crippen molar-refractivity contribution in [2.45, 2.75) is 26.3 Å². The lowest BCUT2D eigenvalue weighted by molar-refractivity contribution is 0.371. The fraction of sp³-hybridized carbons (Fsp3) is 0.238. The highest BCUT2D eigenvalue weighted by Gasteiger charge is 2.12. The fourth-order valence-corrected chi connectivity index (χ4v) is 3.11. The molecular weight excluding hydrogens is 356 g/mol. The summed E-state index contributed by atoms with van der Waals surface area (Å²) in [6, 6.07) is 15.2. The van der Waals surface area contributed by atoms with Crippen molar-refractivity contribution in [3.05, 3.63) is 82.0 Å². The predicted octanol–water partition coefficient (Wildman–Crippen LogP) is 2.93. The van der Waals surface area contributed by atoms with E-state index in [2.05, 4.69) is 15.1 Å². The summed E-state index contributed by atoms with van der Waals surface area (Å²) in [5, 5.41) is 4.60. The van der Waals surface area contributed by atoms with Crippen LogP contribution in [0, 0.1) is 6.92 Å². The van der Waals surface area contributed by atoms with E-state index in [0.717, 1.165) is 17.7 Å². The third-order valence-corrected chi connectivity index (χ3v) is 4.65. The van der Waals surface area contributed by atoms with E-state index in [1.807, 2.05) is 42.5 Å². The van der Waals surface area contributed by atoms with E-state index in [-0.39, 0.29) is 12.1 Å². The van der Waals surface area contributed by atoms with E-state index in [1.54, 1.807) is 24.7 Å². The zero-order chi connectivity index (χ0) is 19.5. The number of nitrogens with zero attached hydrogens (tertiary/aromatic N) is 4. The molecule has 0 spiro atoms. The lowest BCUT2D eigenvalue weighted by atomic mass is 10.1. The van der Waals surface area contributed by atoms with Crippen LogP contribution in [0.2, 0.25) is 0 Å². The van der Waals surface area contributed by atoms with Crippen molar-refractivity contribution in [1.29, 1.82) is 0 Å². The summed E-state index contributed by atoms with van der Waals surface area (Å²) in [5.74, 6) is 2.46. The van der Waals surface area contributed by atoms with Gasteiger partial charge in [0.1, 0.15) is 11.6 Å². The molecule has 7 heteroatoms. The lowest BCUT2D eigenvalue weighted by Crippen LogP contribution is -2.24. The molecule has 0 atom stereocenters. The number of aromatic nitrogens is 4. The first-order valence-corrected chi connectivity index (χ1v) is 9.04. The third kappa shape index (κ3) is 3.64. The van der Waals surface area contributed by atoms with Gasteiger partial charge in [-0.1, -0.05) is 29.4 Å². The number of hydrogen-bond acceptors (Lipinski definition) is 6. The highest BCUT2D eigenvalue weighted by Crippen LogP contribution is 2.13. The molecule has 0 saturated carbocycles. The summed E-state index contributed by atoms with van der Waals surface area (Å²) in [4.78, 5) is 21.7. The van der Waals surface area contributed by atoms with E-state index in [1.165, 1.54) is 0 Å². The van der Waals surface area contributed by atoms with Gasteiger partial charge in [-0.05, 0) is 43.2 Å². The second-order valence-corrected chi connectivity index (χ2v) is 6.52. The molecule has 0 fully saturated rings. The van der Waals surface area contributed by atoms with Crippen LogP contribution in [0.15, 0.2) is 57.8 Å². The molecule has 4 rings (SSSR count). The number of benzene rings is 2. The van der Waals surface area contributed by atoms with Crippen LogP contribution >= 0.6 is 0 Å². The van der Waals surface area contributed by atoms with Gasteiger partial charge in [-0.15, -0.1) is 0 Å². The van der Waals surface area contributed by atoms with Gasteiger partial charge < -0.3 is 9.26 Å². The van der Waals surface area contributed by atoms with Crippen molar-refractivity contribution in [1.82, 2.24) is 19.7 Å². The van der Waals surface area contributed by atoms with Crippen LogP contribution < -0.4 is 10.3 Å². The van der Waals surface area contributed by atoms with Crippen LogP contribution in [0.4, 0.5) is 0 Å². The van der Waals surface area contributed by atoms with E-state index >= 15 is 0 Å². The molecule has 0 aliphatic carbocycles. The number of hydrogen-bond donors (Lipinski definition) is 0. The van der Waals surface area contributed by atoms with Crippen molar-refractivity contribution < 1.29 is 9.26 Å². The monoisotopic (exact) mass is 376 g/mol. The summed E-state index contributed by atoms with van der Waals surface area (Å²) in [7, 11) is 1.65. The highest BCUT2D eigenvalue weighted by molar-refractivity contribution is 5.77. The summed E-state index contributed by atoms with van der Waals surface area (Å²) >= 11 is 0. The smallest absolute Gasteiger partial charge is 0.261 e. The van der Waals surface area contributed by atoms with Gasteiger partial charge in [0.25, 0.3) is 5.56 Å². The van der Waals surface area contributed by atoms with Gasteiger partial charge in [-0.2, -0.15) is 4.98 Å². The first-order valence-electron chi connectivity index (χ1n) is 9.04. The molecule has 0 bridgehead atoms. The maximum atomic E-state index is 12.8. The molecule has 0 saturated heterocycles. The molecular formula is C21H20N4O3. The van der Waals surface area contributed by atoms with Gasteiger partial charge in [0, 0.05) is 6.42 Å². The molecule has 2 aromatic heterocycles. The quantitative estimate of drug-likeness (QED) is 0.514. The molecule has 0 radical (unpaired) electrons. The first kappa shape index (κ1) is 17.9. The van der Waals surface area contributed by atoms with Gasteiger partial charge in [0.2, 0.25) is 5.89 Å². The summed E-state index contributed by atoms with van der Waals surface area (Å²) < 4.78 is 12.1. The van der Waals surface area contributed by atoms with Gasteiger partial charge in [0.15, 0.2) is 5.82 Å². The van der Waals surface area contributed by atoms with Crippen LogP contribution in [-0.2, 0) is 19.4 Å². The van der Waals surface area contributed by atoms with Crippen LogP contribution in [0.1, 0.15) is 23.1 Å². The van der Waals surface area contributed by atoms with Crippen LogP contribution in [-0.4, -0.2) is 26.8 Å². The van der Waals surface area contributed by atoms with Crippen molar-refractivity contribution >= 4 is 10.9 Å². The fourth-order valence-electron chi connectivity index (χ4n) is 3.11. The van der Waals surface area contributed by atoms with Crippen molar-refractivity contribution in [2.75, 3.05) is 7.11 Å². The van der Waals surface area contributed by atoms with Crippen LogP contribution in [0.3, 0.4) is 0 Å². The number of methoxy groups -OCH3 is 1. The van der Waals surface area contributed by atoms with Crippen LogP contribution in [0.25, 0.3) is 10.9 Å². The third-order valence-electron chi connectivity index (χ3n) is 4.65. The number of rotatable bonds is 6. The molecule has 7 nitrogen and oxygen atoms in total. The first-order chi connectivity index (χ1) is 13.6. The summed E-state index contributed by atoms with van der Waals surface area (Å²) in [5.41, 5.74) is 1.74. The average Bonchev–Trinajstić information content (AvgIpc) is 3.17. The molecule has 0 aliphatic heterocycles. The van der Waals surface area contributed by atoms with Gasteiger partial charge in [-0.25, -0.2) is 4.98 Å². The van der Waals surface area contributed by atoms with Gasteiger partial charge in [0.05, 0.1) is 24.6 Å². The second-order valence-electron chi connectivity index (χ2n) is 6.52. The van der Waals surface area contributed by atoms with Crippen LogP contribution in [0.5, 0.6) is 5.75 Å². The predicted molar refractivity (Wildman–Crippen MR) is 105 cm³/mol. The summed E-state index contributed by atoms with van der Waals surface area (Å²) in [6.45, 7) is 2.03. The molecule has 0 aliphatic rings. The Morgan fingerprint density at radius 1 is 1.04 bits per heavy atom. The molecule has 4 aromatic rings. The van der Waals surface area contributed by atoms with E-state index in [9.17, 15) is 4.79 Å². The Hall–Kier alpha value is -3.48. The Bertz CT molecular complexity index is 1160. The van der Waals surface area contributed by atoms with E-state index in [4.69, 9.17) is 9.26 Å². The molecule has 0 unspecified atom stereocenters. The minimum absolute atomic E-state index is 0.104. The largest absolute Gasteiger partial charge is 0.497 e. The number of fused-ring (bicyclic) bond motifs is 1. The Morgan fingerprint density at radius 2 is 1.82 bits per heavy atom. The average molecular weight is 376 g/mol. The molecule has 142 valence electrons. The Labute approximate surface area is 161 Å². The Balaban J connectivity index is 1.49. The Morgan fingerprint density at radius 3 is 2.61 bits per heavy atom. The lowest BCUT2D eigenvalue weighted by Gasteiger charge is -2.08. The van der Waals surface area contributed by atoms with Gasteiger partial charge in [-0.3, -0.25) is 9.36 Å². The van der Waals surface area contributed by atoms with Crippen molar-refractivity contribution in [3.8, 4) is 5.75 Å². The second kappa shape index (κ2) is 7.64. The van der Waals surface area contributed by atoms with Crippen molar-refractivity contribution in [3.63, 3.8) is 0 Å². The maximum Gasteiger partial charge on any atom is 0.261 e. The zero-order valence-electron chi connectivity index (χ0n) is 15.8. The minimum Gasteiger partial charge on any atom is -0.497 e. The highest BCUT2D eigenvalue weighted by atomic mass is 16.5. The molecule has 28 heavy (non-hydrogen) atoms. The number of para-hydroxylation sites is 1. The van der Waals surface area contributed by atoms with Gasteiger partial charge >= 0.3 is 0 Å². The van der Waals surface area contributed by atoms with E-state index < -0.39 is 0 Å². The topological polar surface area (TPSA) is 83.0 Å². The molecule has 2 heterocycles. The molecule has 2 aromatic carbocycles. The SMILES string of the molecule is COc1ccc(CCc2nc(Cn3c(C)nc4ccccc4c3=O)no2)cc1. The summed E-state index contributed by atoms with van der Waals surface area (Å²) in [6.07, 6.45) is 1.41. The zero-order valence-corrected chi connectivity index (χ0v) is 15.8.